The fourth-order valence-electron chi connectivity index (χ4n) is 2.60. The zero-order valence-electron chi connectivity index (χ0n) is 12.2. The van der Waals surface area contributed by atoms with Crippen LogP contribution in [0.25, 0.3) is 0 Å². The van der Waals surface area contributed by atoms with Gasteiger partial charge in [0.25, 0.3) is 0 Å². The SMILES string of the molecule is CC(C)(C)OC(=O)N1CCCCC1(CO)CCCCl. The molecule has 1 fully saturated rings. The number of halogens is 1. The summed E-state index contributed by atoms with van der Waals surface area (Å²) < 4.78 is 5.46. The minimum Gasteiger partial charge on any atom is -0.444 e. The van der Waals surface area contributed by atoms with Gasteiger partial charge in [0, 0.05) is 12.4 Å². The summed E-state index contributed by atoms with van der Waals surface area (Å²) in [5, 5.41) is 9.79. The number of aliphatic hydroxyl groups is 1. The maximum Gasteiger partial charge on any atom is 0.410 e. The molecule has 0 aromatic carbocycles. The summed E-state index contributed by atoms with van der Waals surface area (Å²) >= 11 is 5.76. The van der Waals surface area contributed by atoms with Crippen molar-refractivity contribution in [3.05, 3.63) is 0 Å². The molecule has 0 bridgehead atoms. The normalized spacial score (nSPS) is 24.4. The smallest absolute Gasteiger partial charge is 0.410 e. The van der Waals surface area contributed by atoms with Crippen LogP contribution in [0.3, 0.4) is 0 Å². The lowest BCUT2D eigenvalue weighted by Crippen LogP contribution is -2.57. The van der Waals surface area contributed by atoms with Gasteiger partial charge in [0.2, 0.25) is 0 Å². The average Bonchev–Trinajstić information content (AvgIpc) is 2.34. The van der Waals surface area contributed by atoms with E-state index >= 15 is 0 Å². The molecular formula is C14H26ClNO3. The molecule has 0 aliphatic carbocycles. The molecule has 1 heterocycles. The summed E-state index contributed by atoms with van der Waals surface area (Å²) in [4.78, 5) is 14.0. The lowest BCUT2D eigenvalue weighted by atomic mass is 9.83. The molecule has 1 rings (SSSR count). The van der Waals surface area contributed by atoms with Gasteiger partial charge in [-0.1, -0.05) is 0 Å². The first-order chi connectivity index (χ1) is 8.84. The van der Waals surface area contributed by atoms with Gasteiger partial charge in [-0.25, -0.2) is 4.79 Å². The summed E-state index contributed by atoms with van der Waals surface area (Å²) in [5.41, 5.74) is -1.00. The fourth-order valence-corrected chi connectivity index (χ4v) is 2.73. The lowest BCUT2D eigenvalue weighted by Gasteiger charge is -2.46. The van der Waals surface area contributed by atoms with E-state index in [-0.39, 0.29) is 12.7 Å². The predicted molar refractivity (Wildman–Crippen MR) is 76.6 cm³/mol. The van der Waals surface area contributed by atoms with Gasteiger partial charge < -0.3 is 14.7 Å². The van der Waals surface area contributed by atoms with Crippen LogP contribution < -0.4 is 0 Å². The number of hydrogen-bond acceptors (Lipinski definition) is 3. The monoisotopic (exact) mass is 291 g/mol. The van der Waals surface area contributed by atoms with E-state index in [1.165, 1.54) is 0 Å². The number of piperidine rings is 1. The Morgan fingerprint density at radius 1 is 1.42 bits per heavy atom. The first-order valence-electron chi connectivity index (χ1n) is 7.02. The van der Waals surface area contributed by atoms with Crippen molar-refractivity contribution in [2.45, 2.75) is 64.0 Å². The summed E-state index contributed by atoms with van der Waals surface area (Å²) in [6, 6.07) is 0. The van der Waals surface area contributed by atoms with E-state index in [9.17, 15) is 9.90 Å². The molecule has 5 heteroatoms. The molecule has 4 nitrogen and oxygen atoms in total. The van der Waals surface area contributed by atoms with E-state index in [0.717, 1.165) is 32.1 Å². The van der Waals surface area contributed by atoms with Crippen LogP contribution in [0.1, 0.15) is 52.9 Å². The van der Waals surface area contributed by atoms with Crippen molar-refractivity contribution in [2.75, 3.05) is 19.0 Å². The van der Waals surface area contributed by atoms with E-state index in [2.05, 4.69) is 0 Å². The Morgan fingerprint density at radius 2 is 2.11 bits per heavy atom. The van der Waals surface area contributed by atoms with Gasteiger partial charge in [-0.15, -0.1) is 11.6 Å². The third-order valence-electron chi connectivity index (χ3n) is 3.53. The van der Waals surface area contributed by atoms with E-state index in [0.29, 0.717) is 12.4 Å². The number of carbonyl (C=O) groups excluding carboxylic acids is 1. The second-order valence-electron chi connectivity index (χ2n) is 6.26. The minimum absolute atomic E-state index is 0.0247. The fraction of sp³-hybridized carbons (Fsp3) is 0.929. The Labute approximate surface area is 121 Å². The Balaban J connectivity index is 2.83. The molecule has 1 saturated heterocycles. The Kier molecular flexibility index (Phi) is 5.93. The summed E-state index contributed by atoms with van der Waals surface area (Å²) in [6.07, 6.45) is 4.01. The predicted octanol–water partition coefficient (Wildman–Crippen LogP) is 3.16. The van der Waals surface area contributed by atoms with Crippen LogP contribution in [0.5, 0.6) is 0 Å². The van der Waals surface area contributed by atoms with Gasteiger partial charge in [0.05, 0.1) is 12.1 Å². The first kappa shape index (κ1) is 16.6. The number of aliphatic hydroxyl groups excluding tert-OH is 1. The van der Waals surface area contributed by atoms with Crippen molar-refractivity contribution in [3.8, 4) is 0 Å². The molecule has 1 amide bonds. The van der Waals surface area contributed by atoms with E-state index in [1.807, 2.05) is 20.8 Å². The summed E-state index contributed by atoms with van der Waals surface area (Å²) in [5.74, 6) is 0.546. The van der Waals surface area contributed by atoms with Crippen LogP contribution in [0, 0.1) is 0 Å². The molecule has 0 aromatic rings. The molecule has 0 saturated carbocycles. The number of ether oxygens (including phenoxy) is 1. The maximum atomic E-state index is 12.3. The molecule has 1 N–H and O–H groups in total. The van der Waals surface area contributed by atoms with Crippen molar-refractivity contribution in [1.82, 2.24) is 4.90 Å². The lowest BCUT2D eigenvalue weighted by molar-refractivity contribution is -0.0370. The Morgan fingerprint density at radius 3 is 2.63 bits per heavy atom. The van der Waals surface area contributed by atoms with Crippen LogP contribution in [0.15, 0.2) is 0 Å². The third-order valence-corrected chi connectivity index (χ3v) is 3.80. The van der Waals surface area contributed by atoms with Crippen molar-refractivity contribution in [3.63, 3.8) is 0 Å². The number of rotatable bonds is 4. The average molecular weight is 292 g/mol. The van der Waals surface area contributed by atoms with E-state index < -0.39 is 11.1 Å². The highest BCUT2D eigenvalue weighted by molar-refractivity contribution is 6.17. The Hall–Kier alpha value is -0.480. The molecular weight excluding hydrogens is 266 g/mol. The zero-order chi connectivity index (χ0) is 14.5. The van der Waals surface area contributed by atoms with Crippen LogP contribution in [-0.4, -0.2) is 46.3 Å². The van der Waals surface area contributed by atoms with Crippen LogP contribution >= 0.6 is 11.6 Å². The van der Waals surface area contributed by atoms with E-state index in [1.54, 1.807) is 4.90 Å². The molecule has 112 valence electrons. The molecule has 0 spiro atoms. The molecule has 1 unspecified atom stereocenters. The van der Waals surface area contributed by atoms with Gasteiger partial charge in [0.1, 0.15) is 5.60 Å². The van der Waals surface area contributed by atoms with Crippen LogP contribution in [-0.2, 0) is 4.74 Å². The number of hydrogen-bond donors (Lipinski definition) is 1. The van der Waals surface area contributed by atoms with Gasteiger partial charge in [0.15, 0.2) is 0 Å². The molecule has 1 aliphatic rings. The van der Waals surface area contributed by atoms with Crippen molar-refractivity contribution < 1.29 is 14.6 Å². The van der Waals surface area contributed by atoms with Crippen molar-refractivity contribution in [1.29, 1.82) is 0 Å². The molecule has 0 aromatic heterocycles. The number of likely N-dealkylation sites (tertiary alicyclic amines) is 1. The maximum absolute atomic E-state index is 12.3. The minimum atomic E-state index is -0.512. The van der Waals surface area contributed by atoms with Crippen molar-refractivity contribution >= 4 is 17.7 Å². The second-order valence-corrected chi connectivity index (χ2v) is 6.64. The van der Waals surface area contributed by atoms with Gasteiger partial charge >= 0.3 is 6.09 Å². The van der Waals surface area contributed by atoms with Gasteiger partial charge in [-0.05, 0) is 52.9 Å². The summed E-state index contributed by atoms with van der Waals surface area (Å²) in [6.45, 7) is 6.19. The topological polar surface area (TPSA) is 49.8 Å². The number of amides is 1. The van der Waals surface area contributed by atoms with Crippen LogP contribution in [0.2, 0.25) is 0 Å². The number of nitrogens with zero attached hydrogens (tertiary/aromatic N) is 1. The summed E-state index contributed by atoms with van der Waals surface area (Å²) in [7, 11) is 0. The third kappa shape index (κ3) is 4.53. The molecule has 0 radical (unpaired) electrons. The second kappa shape index (κ2) is 6.80. The van der Waals surface area contributed by atoms with Gasteiger partial charge in [-0.2, -0.15) is 0 Å². The number of alkyl halides is 1. The molecule has 1 atom stereocenters. The zero-order valence-corrected chi connectivity index (χ0v) is 13.0. The van der Waals surface area contributed by atoms with E-state index in [4.69, 9.17) is 16.3 Å². The highest BCUT2D eigenvalue weighted by Crippen LogP contribution is 2.33. The molecule has 19 heavy (non-hydrogen) atoms. The number of carbonyl (C=O) groups is 1. The Bertz CT molecular complexity index is 304. The molecule has 1 aliphatic heterocycles. The standard InChI is InChI=1S/C14H26ClNO3/c1-13(2,3)19-12(18)16-10-5-4-7-14(16,11-17)8-6-9-15/h17H,4-11H2,1-3H3. The van der Waals surface area contributed by atoms with Gasteiger partial charge in [-0.3, -0.25) is 0 Å². The highest BCUT2D eigenvalue weighted by Gasteiger charge is 2.42. The first-order valence-corrected chi connectivity index (χ1v) is 7.55. The largest absolute Gasteiger partial charge is 0.444 e. The quantitative estimate of drug-likeness (QED) is 0.810. The van der Waals surface area contributed by atoms with Crippen LogP contribution in [0.4, 0.5) is 4.79 Å². The van der Waals surface area contributed by atoms with Crippen molar-refractivity contribution in [2.24, 2.45) is 0 Å². The highest BCUT2D eigenvalue weighted by atomic mass is 35.5.